The van der Waals surface area contributed by atoms with Gasteiger partial charge in [-0.05, 0) is 54.4 Å². The fourth-order valence-corrected chi connectivity index (χ4v) is 4.32. The summed E-state index contributed by atoms with van der Waals surface area (Å²) in [5, 5.41) is 10.5. The highest BCUT2D eigenvalue weighted by Crippen LogP contribution is 2.42. The number of hydrogen-bond donors (Lipinski definition) is 1. The fraction of sp³-hybridized carbons (Fsp3) is 0.348. The maximum Gasteiger partial charge on any atom is 0.308 e. The Hall–Kier alpha value is -2.95. The molecule has 0 amide bonds. The SMILES string of the molecule is O=C(O)C1CCCN(c2ncnc3cccc(-c4cccc(C5CC5)c4)c23)C1. The number of carboxylic acid groups (broad SMARTS) is 1. The number of aromatic nitrogens is 2. The Labute approximate surface area is 164 Å². The second kappa shape index (κ2) is 6.89. The first-order chi connectivity index (χ1) is 13.7. The minimum atomic E-state index is -0.722. The average Bonchev–Trinajstić information content (AvgIpc) is 3.58. The molecule has 1 aliphatic heterocycles. The van der Waals surface area contributed by atoms with Crippen LogP contribution in [0.25, 0.3) is 22.0 Å². The summed E-state index contributed by atoms with van der Waals surface area (Å²) in [6, 6.07) is 15.0. The molecule has 1 saturated heterocycles. The van der Waals surface area contributed by atoms with Crippen molar-refractivity contribution in [3.05, 3.63) is 54.4 Å². The number of carbonyl (C=O) groups is 1. The lowest BCUT2D eigenvalue weighted by Gasteiger charge is -2.32. The molecule has 0 bridgehead atoms. The molecular formula is C23H23N3O2. The zero-order valence-electron chi connectivity index (χ0n) is 15.7. The van der Waals surface area contributed by atoms with Crippen molar-refractivity contribution in [3.63, 3.8) is 0 Å². The number of benzene rings is 2. The summed E-state index contributed by atoms with van der Waals surface area (Å²) >= 11 is 0. The van der Waals surface area contributed by atoms with Gasteiger partial charge in [-0.25, -0.2) is 9.97 Å². The van der Waals surface area contributed by atoms with Crippen molar-refractivity contribution in [2.24, 2.45) is 5.92 Å². The second-order valence-electron chi connectivity index (χ2n) is 7.92. The molecule has 1 N–H and O–H groups in total. The standard InChI is InChI=1S/C23H23N3O2/c27-23(28)18-6-3-11-26(13-18)22-21-19(7-2-8-20(21)24-14-25-22)17-5-1-4-16(12-17)15-9-10-15/h1-2,4-5,7-8,12,14-15,18H,3,6,9-11,13H2,(H,27,28). The molecule has 2 heterocycles. The number of anilines is 1. The van der Waals surface area contributed by atoms with Gasteiger partial charge in [-0.2, -0.15) is 0 Å². The minimum absolute atomic E-state index is 0.343. The van der Waals surface area contributed by atoms with Gasteiger partial charge < -0.3 is 10.0 Å². The molecule has 5 nitrogen and oxygen atoms in total. The number of nitrogens with zero attached hydrogens (tertiary/aromatic N) is 3. The van der Waals surface area contributed by atoms with Gasteiger partial charge >= 0.3 is 5.97 Å². The van der Waals surface area contributed by atoms with E-state index in [1.807, 2.05) is 12.1 Å². The lowest BCUT2D eigenvalue weighted by molar-refractivity contribution is -0.141. The van der Waals surface area contributed by atoms with E-state index in [1.54, 1.807) is 6.33 Å². The van der Waals surface area contributed by atoms with E-state index in [1.165, 1.54) is 24.0 Å². The Bertz CT molecular complexity index is 1040. The van der Waals surface area contributed by atoms with Crippen molar-refractivity contribution in [1.29, 1.82) is 0 Å². The normalized spacial score (nSPS) is 19.7. The lowest BCUT2D eigenvalue weighted by Crippen LogP contribution is -2.39. The van der Waals surface area contributed by atoms with Crippen molar-refractivity contribution in [2.45, 2.75) is 31.6 Å². The molecule has 1 unspecified atom stereocenters. The van der Waals surface area contributed by atoms with Crippen LogP contribution in [-0.2, 0) is 4.79 Å². The first-order valence-electron chi connectivity index (χ1n) is 10.0. The largest absolute Gasteiger partial charge is 0.481 e. The van der Waals surface area contributed by atoms with Crippen LogP contribution in [0.1, 0.15) is 37.2 Å². The Kier molecular flexibility index (Phi) is 4.23. The average molecular weight is 373 g/mol. The summed E-state index contributed by atoms with van der Waals surface area (Å²) in [4.78, 5) is 22.8. The smallest absolute Gasteiger partial charge is 0.308 e. The number of carboxylic acids is 1. The van der Waals surface area contributed by atoms with Gasteiger partial charge in [0.2, 0.25) is 0 Å². The van der Waals surface area contributed by atoms with E-state index in [0.717, 1.165) is 41.7 Å². The monoisotopic (exact) mass is 373 g/mol. The van der Waals surface area contributed by atoms with Crippen LogP contribution in [0.3, 0.4) is 0 Å². The maximum atomic E-state index is 11.5. The van der Waals surface area contributed by atoms with Gasteiger partial charge in [0.15, 0.2) is 0 Å². The van der Waals surface area contributed by atoms with Gasteiger partial charge in [0.25, 0.3) is 0 Å². The molecule has 1 aliphatic carbocycles. The number of hydrogen-bond acceptors (Lipinski definition) is 4. The van der Waals surface area contributed by atoms with Crippen LogP contribution in [0.4, 0.5) is 5.82 Å². The van der Waals surface area contributed by atoms with E-state index >= 15 is 0 Å². The molecule has 2 aromatic carbocycles. The molecule has 2 aliphatic rings. The van der Waals surface area contributed by atoms with Crippen molar-refractivity contribution < 1.29 is 9.90 Å². The Morgan fingerprint density at radius 2 is 1.93 bits per heavy atom. The van der Waals surface area contributed by atoms with Crippen LogP contribution in [0.15, 0.2) is 48.8 Å². The van der Waals surface area contributed by atoms with Crippen LogP contribution in [-0.4, -0.2) is 34.1 Å². The Balaban J connectivity index is 1.63. The van der Waals surface area contributed by atoms with E-state index in [0.29, 0.717) is 12.5 Å². The molecule has 3 aromatic rings. The van der Waals surface area contributed by atoms with Gasteiger partial charge in [0, 0.05) is 13.1 Å². The molecule has 0 radical (unpaired) electrons. The Morgan fingerprint density at radius 1 is 1.07 bits per heavy atom. The summed E-state index contributed by atoms with van der Waals surface area (Å²) in [7, 11) is 0. The third-order valence-electron chi connectivity index (χ3n) is 5.96. The van der Waals surface area contributed by atoms with Crippen LogP contribution in [0.2, 0.25) is 0 Å². The summed E-state index contributed by atoms with van der Waals surface area (Å²) in [6.45, 7) is 1.32. The lowest BCUT2D eigenvalue weighted by atomic mass is 9.95. The quantitative estimate of drug-likeness (QED) is 0.731. The van der Waals surface area contributed by atoms with E-state index in [9.17, 15) is 9.90 Å². The Morgan fingerprint density at radius 3 is 2.75 bits per heavy atom. The highest BCUT2D eigenvalue weighted by Gasteiger charge is 2.28. The van der Waals surface area contributed by atoms with Crippen LogP contribution in [0.5, 0.6) is 0 Å². The van der Waals surface area contributed by atoms with E-state index in [-0.39, 0.29) is 5.92 Å². The number of piperidine rings is 1. The van der Waals surface area contributed by atoms with Gasteiger partial charge in [-0.15, -0.1) is 0 Å². The summed E-state index contributed by atoms with van der Waals surface area (Å²) in [6.07, 6.45) is 5.73. The van der Waals surface area contributed by atoms with Crippen molar-refractivity contribution >= 4 is 22.7 Å². The molecular weight excluding hydrogens is 350 g/mol. The molecule has 5 heteroatoms. The van der Waals surface area contributed by atoms with Crippen molar-refractivity contribution in [1.82, 2.24) is 9.97 Å². The molecule has 0 spiro atoms. The van der Waals surface area contributed by atoms with E-state index in [2.05, 4.69) is 45.2 Å². The minimum Gasteiger partial charge on any atom is -0.481 e. The van der Waals surface area contributed by atoms with Crippen LogP contribution < -0.4 is 4.90 Å². The number of fused-ring (bicyclic) bond motifs is 1. The van der Waals surface area contributed by atoms with E-state index < -0.39 is 5.97 Å². The molecule has 1 saturated carbocycles. The zero-order chi connectivity index (χ0) is 19.1. The third-order valence-corrected chi connectivity index (χ3v) is 5.96. The molecule has 5 rings (SSSR count). The summed E-state index contributed by atoms with van der Waals surface area (Å²) in [5.74, 6) is 0.483. The molecule has 1 aromatic heterocycles. The summed E-state index contributed by atoms with van der Waals surface area (Å²) in [5.41, 5.74) is 4.60. The zero-order valence-corrected chi connectivity index (χ0v) is 15.7. The third kappa shape index (κ3) is 3.11. The summed E-state index contributed by atoms with van der Waals surface area (Å²) < 4.78 is 0. The molecule has 1 atom stereocenters. The molecule has 142 valence electrons. The fourth-order valence-electron chi connectivity index (χ4n) is 4.32. The van der Waals surface area contributed by atoms with Crippen molar-refractivity contribution in [3.8, 4) is 11.1 Å². The maximum absolute atomic E-state index is 11.5. The van der Waals surface area contributed by atoms with Gasteiger partial charge in [0.05, 0.1) is 16.8 Å². The van der Waals surface area contributed by atoms with E-state index in [4.69, 9.17) is 0 Å². The van der Waals surface area contributed by atoms with Crippen LogP contribution >= 0.6 is 0 Å². The highest BCUT2D eigenvalue weighted by molar-refractivity contribution is 6.02. The molecule has 28 heavy (non-hydrogen) atoms. The van der Waals surface area contributed by atoms with Gasteiger partial charge in [-0.1, -0.05) is 36.4 Å². The number of rotatable bonds is 4. The molecule has 2 fully saturated rings. The van der Waals surface area contributed by atoms with Crippen molar-refractivity contribution in [2.75, 3.05) is 18.0 Å². The topological polar surface area (TPSA) is 66.3 Å². The highest BCUT2D eigenvalue weighted by atomic mass is 16.4. The van der Waals surface area contributed by atoms with Gasteiger partial charge in [-0.3, -0.25) is 4.79 Å². The second-order valence-corrected chi connectivity index (χ2v) is 7.92. The predicted octanol–water partition coefficient (Wildman–Crippen LogP) is 4.48. The first-order valence-corrected chi connectivity index (χ1v) is 10.0. The predicted molar refractivity (Wildman–Crippen MR) is 110 cm³/mol. The number of aliphatic carboxylic acids is 1. The first kappa shape index (κ1) is 17.2. The van der Waals surface area contributed by atoms with Gasteiger partial charge in [0.1, 0.15) is 12.1 Å². The van der Waals surface area contributed by atoms with Crippen LogP contribution in [0, 0.1) is 5.92 Å².